The van der Waals surface area contributed by atoms with E-state index in [2.05, 4.69) is 17.0 Å². The summed E-state index contributed by atoms with van der Waals surface area (Å²) in [6, 6.07) is 3.81. The quantitative estimate of drug-likeness (QED) is 0.122. The average molecular weight is 541 g/mol. The van der Waals surface area contributed by atoms with E-state index in [1.165, 1.54) is 70.5 Å². The zero-order valence-electron chi connectivity index (χ0n) is 23.2. The molecule has 0 aromatic carbocycles. The summed E-state index contributed by atoms with van der Waals surface area (Å²) < 4.78 is 30.2. The molecule has 0 aliphatic carbocycles. The maximum absolute atomic E-state index is 12.4. The Morgan fingerprint density at radius 2 is 1.57 bits per heavy atom. The van der Waals surface area contributed by atoms with Crippen LogP contribution >= 0.6 is 7.82 Å². The number of ether oxygens (including phenoxy) is 1. The highest BCUT2D eigenvalue weighted by Gasteiger charge is 2.30. The summed E-state index contributed by atoms with van der Waals surface area (Å²) in [5.74, 6) is 0.418. The molecular weight excluding hydrogens is 491 g/mol. The van der Waals surface area contributed by atoms with Gasteiger partial charge in [-0.25, -0.2) is 14.1 Å². The van der Waals surface area contributed by atoms with Crippen molar-refractivity contribution >= 4 is 19.2 Å². The molecule has 1 unspecified atom stereocenters. The first kappa shape index (κ1) is 31.7. The van der Waals surface area contributed by atoms with Gasteiger partial charge in [0.15, 0.2) is 5.82 Å². The third-order valence-corrected chi connectivity index (χ3v) is 7.96. The largest absolute Gasteiger partial charge is 0.472 e. The van der Waals surface area contributed by atoms with E-state index >= 15 is 0 Å². The first-order valence-electron chi connectivity index (χ1n) is 14.0. The van der Waals surface area contributed by atoms with Crippen molar-refractivity contribution in [1.82, 2.24) is 14.6 Å². The molecule has 0 aliphatic rings. The van der Waals surface area contributed by atoms with Crippen molar-refractivity contribution in [3.8, 4) is 0 Å². The molecule has 2 heterocycles. The van der Waals surface area contributed by atoms with Crippen LogP contribution in [-0.2, 0) is 24.8 Å². The van der Waals surface area contributed by atoms with E-state index in [0.29, 0.717) is 18.7 Å². The number of hydrogen-bond donors (Lipinski definition) is 2. The molecule has 0 radical (unpaired) electrons. The maximum atomic E-state index is 12.4. The number of phosphoric ester groups is 1. The molecule has 37 heavy (non-hydrogen) atoms. The summed E-state index contributed by atoms with van der Waals surface area (Å²) in [6.45, 7) is 4.26. The predicted molar refractivity (Wildman–Crippen MR) is 149 cm³/mol. The third-order valence-electron chi connectivity index (χ3n) is 7.00. The lowest BCUT2D eigenvalue weighted by atomic mass is 10.00. The smallest absolute Gasteiger partial charge is 0.382 e. The number of nitrogens with two attached hydrogens (primary N) is 1. The number of anilines is 1. The van der Waals surface area contributed by atoms with Crippen LogP contribution in [0.15, 0.2) is 18.5 Å². The van der Waals surface area contributed by atoms with E-state index in [0.717, 1.165) is 30.5 Å². The number of unbranched alkanes of at least 4 members (excludes halogenated alkanes) is 12. The van der Waals surface area contributed by atoms with Crippen molar-refractivity contribution in [2.75, 3.05) is 26.1 Å². The van der Waals surface area contributed by atoms with E-state index in [-0.39, 0.29) is 13.2 Å². The monoisotopic (exact) mass is 540 g/mol. The van der Waals surface area contributed by atoms with Gasteiger partial charge in [-0.15, -0.1) is 0 Å². The summed E-state index contributed by atoms with van der Waals surface area (Å²) in [5.41, 5.74) is 6.82. The minimum absolute atomic E-state index is 0.0592. The second-order valence-electron chi connectivity index (χ2n) is 10.2. The predicted octanol–water partition coefficient (Wildman–Crippen LogP) is 6.87. The van der Waals surface area contributed by atoms with Gasteiger partial charge in [0.25, 0.3) is 0 Å². The number of rotatable bonds is 22. The highest BCUT2D eigenvalue weighted by molar-refractivity contribution is 7.47. The van der Waals surface area contributed by atoms with Gasteiger partial charge in [-0.2, -0.15) is 5.10 Å². The minimum Gasteiger partial charge on any atom is -0.382 e. The minimum atomic E-state index is -4.14. The molecule has 0 saturated carbocycles. The molecule has 3 N–H and O–H groups in total. The van der Waals surface area contributed by atoms with Crippen LogP contribution in [0.4, 0.5) is 5.82 Å². The number of methoxy groups -OCH3 is 1. The number of nitrogen functional groups attached to an aromatic ring is 1. The fourth-order valence-electron chi connectivity index (χ4n) is 4.38. The van der Waals surface area contributed by atoms with Gasteiger partial charge in [0.05, 0.1) is 18.8 Å². The first-order valence-corrected chi connectivity index (χ1v) is 15.5. The van der Waals surface area contributed by atoms with Crippen molar-refractivity contribution in [1.29, 1.82) is 0 Å². The standard InChI is InChI=1S/C27H49N4O5P/c1-4-5-6-7-8-9-10-11-12-13-14-15-16-21-35-37(32,33)36-22-27(2,34-3)20-19-24-17-18-25-26(28)29-23-30-31(24)25/h17-18,23H,4-16,19-22H2,1-3H3,(H,32,33)(H2,28,29,30)/t27-/m0/s1. The number of phosphoric acid groups is 1. The summed E-state index contributed by atoms with van der Waals surface area (Å²) in [5, 5.41) is 4.25. The Kier molecular flexibility index (Phi) is 14.7. The average Bonchev–Trinajstić information content (AvgIpc) is 3.31. The molecule has 9 nitrogen and oxygen atoms in total. The summed E-state index contributed by atoms with van der Waals surface area (Å²) in [6.07, 6.45) is 18.8. The lowest BCUT2D eigenvalue weighted by Gasteiger charge is -2.28. The Labute approximate surface area is 223 Å². The molecule has 0 bridgehead atoms. The van der Waals surface area contributed by atoms with Gasteiger partial charge < -0.3 is 15.4 Å². The van der Waals surface area contributed by atoms with Crippen molar-refractivity contribution in [3.63, 3.8) is 0 Å². The third kappa shape index (κ3) is 12.3. The molecule has 0 spiro atoms. The SMILES string of the molecule is CCCCCCCCCCCCCCCOP(=O)(O)OC[C@](C)(CCc1ccc2c(N)ncnn12)OC. The zero-order chi connectivity index (χ0) is 27.0. The summed E-state index contributed by atoms with van der Waals surface area (Å²) in [4.78, 5) is 14.1. The van der Waals surface area contributed by atoms with Crippen LogP contribution in [0.2, 0.25) is 0 Å². The molecule has 2 aromatic heterocycles. The molecule has 212 valence electrons. The highest BCUT2D eigenvalue weighted by Crippen LogP contribution is 2.44. The molecule has 0 amide bonds. The molecule has 10 heteroatoms. The normalized spacial score (nSPS) is 15.1. The second kappa shape index (κ2) is 17.2. The van der Waals surface area contributed by atoms with Crippen LogP contribution in [0.25, 0.3) is 5.52 Å². The molecule has 0 fully saturated rings. The van der Waals surface area contributed by atoms with Gasteiger partial charge in [0.1, 0.15) is 11.8 Å². The van der Waals surface area contributed by atoms with Crippen LogP contribution in [0, 0.1) is 0 Å². The van der Waals surface area contributed by atoms with Gasteiger partial charge in [-0.1, -0.05) is 84.0 Å². The molecule has 2 aromatic rings. The zero-order valence-corrected chi connectivity index (χ0v) is 24.1. The lowest BCUT2D eigenvalue weighted by Crippen LogP contribution is -2.33. The number of nitrogens with zero attached hydrogens (tertiary/aromatic N) is 3. The first-order chi connectivity index (χ1) is 17.8. The molecular formula is C27H49N4O5P. The van der Waals surface area contributed by atoms with Crippen molar-refractivity contribution in [2.45, 2.75) is 116 Å². The molecule has 0 saturated heterocycles. The second-order valence-corrected chi connectivity index (χ2v) is 11.7. The van der Waals surface area contributed by atoms with Gasteiger partial charge in [0.2, 0.25) is 0 Å². The Balaban J connectivity index is 1.56. The fourth-order valence-corrected chi connectivity index (χ4v) is 5.25. The van der Waals surface area contributed by atoms with E-state index in [1.54, 1.807) is 11.6 Å². The lowest BCUT2D eigenvalue weighted by molar-refractivity contribution is -0.0442. The molecule has 2 rings (SSSR count). The van der Waals surface area contributed by atoms with Crippen molar-refractivity contribution in [2.24, 2.45) is 0 Å². The Hall–Kier alpha value is -1.51. The van der Waals surface area contributed by atoms with E-state index in [9.17, 15) is 9.46 Å². The number of aryl methyl sites for hydroxylation is 1. The van der Waals surface area contributed by atoms with Crippen molar-refractivity contribution < 1.29 is 23.2 Å². The highest BCUT2D eigenvalue weighted by atomic mass is 31.2. The van der Waals surface area contributed by atoms with E-state index in [1.807, 2.05) is 19.1 Å². The Morgan fingerprint density at radius 3 is 2.16 bits per heavy atom. The van der Waals surface area contributed by atoms with Gasteiger partial charge in [-0.3, -0.25) is 9.05 Å². The summed E-state index contributed by atoms with van der Waals surface area (Å²) in [7, 11) is -2.57. The topological polar surface area (TPSA) is 121 Å². The van der Waals surface area contributed by atoms with E-state index in [4.69, 9.17) is 19.5 Å². The van der Waals surface area contributed by atoms with Gasteiger partial charge in [-0.05, 0) is 38.3 Å². The number of hydrogen-bond acceptors (Lipinski definition) is 7. The van der Waals surface area contributed by atoms with Crippen LogP contribution in [0.5, 0.6) is 0 Å². The Morgan fingerprint density at radius 1 is 0.973 bits per heavy atom. The van der Waals surface area contributed by atoms with Crippen LogP contribution in [0.3, 0.4) is 0 Å². The molecule has 2 atom stereocenters. The van der Waals surface area contributed by atoms with Crippen LogP contribution in [-0.4, -0.2) is 45.4 Å². The molecule has 0 aliphatic heterocycles. The summed E-state index contributed by atoms with van der Waals surface area (Å²) >= 11 is 0. The van der Waals surface area contributed by atoms with Gasteiger partial charge >= 0.3 is 7.82 Å². The number of aromatic nitrogens is 3. The Bertz CT molecular complexity index is 941. The fraction of sp³-hybridized carbons (Fsp3) is 0.778. The van der Waals surface area contributed by atoms with Gasteiger partial charge in [0, 0.05) is 12.8 Å². The van der Waals surface area contributed by atoms with Crippen molar-refractivity contribution in [3.05, 3.63) is 24.2 Å². The maximum Gasteiger partial charge on any atom is 0.472 e. The number of fused-ring (bicyclic) bond motifs is 1. The van der Waals surface area contributed by atoms with E-state index < -0.39 is 13.4 Å². The van der Waals surface area contributed by atoms with Crippen LogP contribution in [0.1, 0.15) is 109 Å². The van der Waals surface area contributed by atoms with Crippen LogP contribution < -0.4 is 5.73 Å².